The van der Waals surface area contributed by atoms with Crippen molar-refractivity contribution in [2.45, 2.75) is 71.0 Å². The third-order valence-electron chi connectivity index (χ3n) is 6.05. The van der Waals surface area contributed by atoms with Crippen molar-refractivity contribution in [1.82, 2.24) is 15.0 Å². The molecule has 1 fully saturated rings. The molecule has 1 saturated heterocycles. The lowest BCUT2D eigenvalue weighted by molar-refractivity contribution is -0.137. The van der Waals surface area contributed by atoms with E-state index in [0.717, 1.165) is 43.4 Å². The number of benzene rings is 1. The molecule has 30 heavy (non-hydrogen) atoms. The molecule has 1 aliphatic heterocycles. The molecule has 168 valence electrons. The number of aryl methyl sites for hydroxylation is 1. The first-order valence-electron chi connectivity index (χ1n) is 10.6. The molecule has 4 nitrogen and oxygen atoms in total. The summed E-state index contributed by atoms with van der Waals surface area (Å²) in [6, 6.07) is 5.53. The highest BCUT2D eigenvalue weighted by Gasteiger charge is 2.30. The highest BCUT2D eigenvalue weighted by molar-refractivity contribution is 5.85. The number of hydrogen-bond acceptors (Lipinski definition) is 4. The molecule has 0 bridgehead atoms. The fourth-order valence-corrected chi connectivity index (χ4v) is 4.24. The summed E-state index contributed by atoms with van der Waals surface area (Å²) in [4.78, 5) is 6.98. The molecule has 3 rings (SSSR count). The van der Waals surface area contributed by atoms with Crippen molar-refractivity contribution in [3.05, 3.63) is 35.7 Å². The fourth-order valence-electron chi connectivity index (χ4n) is 4.24. The van der Waals surface area contributed by atoms with Crippen LogP contribution in [0.5, 0.6) is 0 Å². The zero-order valence-corrected chi connectivity index (χ0v) is 18.4. The maximum absolute atomic E-state index is 12.7. The minimum Gasteiger partial charge on any atom is -0.334 e. The van der Waals surface area contributed by atoms with Crippen LogP contribution in [0.1, 0.15) is 63.8 Å². The van der Waals surface area contributed by atoms with Crippen LogP contribution >= 0.6 is 12.4 Å². The van der Waals surface area contributed by atoms with E-state index in [2.05, 4.69) is 28.9 Å². The monoisotopic (exact) mass is 445 g/mol. The number of alkyl halides is 3. The van der Waals surface area contributed by atoms with Crippen LogP contribution in [0.25, 0.3) is 11.5 Å². The topological polar surface area (TPSA) is 42.2 Å². The highest BCUT2D eigenvalue weighted by Crippen LogP contribution is 2.31. The molecule has 0 radical (unpaired) electrons. The Labute approximate surface area is 182 Å². The molecule has 0 saturated carbocycles. The molecule has 2 heterocycles. The number of likely N-dealkylation sites (tertiary alicyclic amines) is 1. The van der Waals surface area contributed by atoms with Gasteiger partial charge in [-0.1, -0.05) is 19.0 Å². The van der Waals surface area contributed by atoms with E-state index in [1.807, 2.05) is 0 Å². The van der Waals surface area contributed by atoms with Crippen molar-refractivity contribution in [2.24, 2.45) is 5.92 Å². The van der Waals surface area contributed by atoms with Gasteiger partial charge in [0.05, 0.1) is 5.56 Å². The zero-order valence-electron chi connectivity index (χ0n) is 17.6. The van der Waals surface area contributed by atoms with E-state index in [-0.39, 0.29) is 18.3 Å². The minimum absolute atomic E-state index is 0. The normalized spacial score (nSPS) is 16.1. The van der Waals surface area contributed by atoms with Crippen LogP contribution in [0.2, 0.25) is 0 Å². The molecule has 1 aliphatic rings. The van der Waals surface area contributed by atoms with Crippen molar-refractivity contribution in [1.29, 1.82) is 0 Å². The van der Waals surface area contributed by atoms with Crippen LogP contribution in [0.3, 0.4) is 0 Å². The quantitative estimate of drug-likeness (QED) is 0.471. The lowest BCUT2D eigenvalue weighted by Crippen LogP contribution is -2.40. The second-order valence-corrected chi connectivity index (χ2v) is 7.93. The molecular formula is C22H31ClF3N3O. The number of hydrogen-bond donors (Lipinski definition) is 0. The smallest absolute Gasteiger partial charge is 0.334 e. The second kappa shape index (κ2) is 11.1. The molecule has 0 N–H and O–H groups in total. The zero-order chi connectivity index (χ0) is 20.9. The lowest BCUT2D eigenvalue weighted by Gasteiger charge is -2.37. The molecule has 0 atom stereocenters. The maximum atomic E-state index is 12.7. The Bertz CT molecular complexity index is 752. The first-order valence-corrected chi connectivity index (χ1v) is 10.6. The van der Waals surface area contributed by atoms with Gasteiger partial charge in [-0.2, -0.15) is 18.2 Å². The van der Waals surface area contributed by atoms with Crippen LogP contribution < -0.4 is 0 Å². The molecule has 0 spiro atoms. The van der Waals surface area contributed by atoms with Crippen LogP contribution in [0, 0.1) is 5.92 Å². The number of halogens is 4. The predicted molar refractivity (Wildman–Crippen MR) is 114 cm³/mol. The van der Waals surface area contributed by atoms with E-state index in [1.165, 1.54) is 50.9 Å². The number of rotatable bonds is 8. The molecule has 0 aliphatic carbocycles. The summed E-state index contributed by atoms with van der Waals surface area (Å²) < 4.78 is 43.2. The van der Waals surface area contributed by atoms with Gasteiger partial charge in [0.15, 0.2) is 5.82 Å². The lowest BCUT2D eigenvalue weighted by atomic mass is 9.90. The summed E-state index contributed by atoms with van der Waals surface area (Å²) in [6.07, 6.45) is 3.49. The average molecular weight is 446 g/mol. The Kier molecular flexibility index (Phi) is 9.16. The average Bonchev–Trinajstić information content (AvgIpc) is 3.18. The Balaban J connectivity index is 0.00000320. The maximum Gasteiger partial charge on any atom is 0.416 e. The molecule has 0 unspecified atom stereocenters. The van der Waals surface area contributed by atoms with Crippen molar-refractivity contribution in [3.63, 3.8) is 0 Å². The van der Waals surface area contributed by atoms with Gasteiger partial charge < -0.3 is 9.42 Å². The van der Waals surface area contributed by atoms with Gasteiger partial charge in [0, 0.05) is 18.0 Å². The Morgan fingerprint density at radius 2 is 1.73 bits per heavy atom. The Morgan fingerprint density at radius 1 is 1.10 bits per heavy atom. The van der Waals surface area contributed by atoms with Crippen LogP contribution in [0.4, 0.5) is 13.2 Å². The summed E-state index contributed by atoms with van der Waals surface area (Å²) in [5.74, 6) is 1.64. The molecule has 2 aromatic rings. The SMILES string of the molecule is CCC(CC)N1CCC(CCCc2noc(-c3ccc(C(F)(F)F)cc3)n2)CC1.Cl. The standard InChI is InChI=1S/C22H30F3N3O.ClH/c1-3-19(4-2)28-14-12-16(13-15-28)6-5-7-20-26-21(29-27-20)17-8-10-18(11-9-17)22(23,24)25;/h8-11,16,19H,3-7,12-15H2,1-2H3;1H. The van der Waals surface area contributed by atoms with E-state index < -0.39 is 11.7 Å². The van der Waals surface area contributed by atoms with Crippen LogP contribution in [-0.4, -0.2) is 34.2 Å². The first kappa shape index (κ1) is 24.7. The number of nitrogens with zero attached hydrogens (tertiary/aromatic N) is 3. The Morgan fingerprint density at radius 3 is 2.30 bits per heavy atom. The van der Waals surface area contributed by atoms with Crippen molar-refractivity contribution < 1.29 is 17.7 Å². The van der Waals surface area contributed by atoms with Crippen molar-refractivity contribution >= 4 is 12.4 Å². The minimum atomic E-state index is -4.34. The van der Waals surface area contributed by atoms with E-state index in [9.17, 15) is 13.2 Å². The molecular weight excluding hydrogens is 415 g/mol. The van der Waals surface area contributed by atoms with Gasteiger partial charge in [0.25, 0.3) is 5.89 Å². The fraction of sp³-hybridized carbons (Fsp3) is 0.636. The van der Waals surface area contributed by atoms with E-state index >= 15 is 0 Å². The number of piperidine rings is 1. The van der Waals surface area contributed by atoms with E-state index in [0.29, 0.717) is 11.4 Å². The number of aromatic nitrogens is 2. The van der Waals surface area contributed by atoms with E-state index in [4.69, 9.17) is 4.52 Å². The van der Waals surface area contributed by atoms with Gasteiger partial charge in [-0.05, 0) is 81.8 Å². The summed E-state index contributed by atoms with van der Waals surface area (Å²) >= 11 is 0. The van der Waals surface area contributed by atoms with Gasteiger partial charge in [0.1, 0.15) is 0 Å². The second-order valence-electron chi connectivity index (χ2n) is 7.93. The van der Waals surface area contributed by atoms with Gasteiger partial charge in [0.2, 0.25) is 0 Å². The molecule has 1 aromatic carbocycles. The van der Waals surface area contributed by atoms with Gasteiger partial charge in [-0.3, -0.25) is 0 Å². The summed E-state index contributed by atoms with van der Waals surface area (Å²) in [6.45, 7) is 6.92. The van der Waals surface area contributed by atoms with Crippen molar-refractivity contribution in [3.8, 4) is 11.5 Å². The molecule has 1 aromatic heterocycles. The van der Waals surface area contributed by atoms with Crippen LogP contribution in [-0.2, 0) is 12.6 Å². The summed E-state index contributed by atoms with van der Waals surface area (Å²) in [7, 11) is 0. The highest BCUT2D eigenvalue weighted by atomic mass is 35.5. The van der Waals surface area contributed by atoms with Crippen molar-refractivity contribution in [2.75, 3.05) is 13.1 Å². The van der Waals surface area contributed by atoms with Gasteiger partial charge in [-0.25, -0.2) is 0 Å². The molecule has 8 heteroatoms. The summed E-state index contributed by atoms with van der Waals surface area (Å²) in [5.41, 5.74) is -0.179. The van der Waals surface area contributed by atoms with E-state index in [1.54, 1.807) is 0 Å². The third-order valence-corrected chi connectivity index (χ3v) is 6.05. The summed E-state index contributed by atoms with van der Waals surface area (Å²) in [5, 5.41) is 3.99. The largest absolute Gasteiger partial charge is 0.416 e. The predicted octanol–water partition coefficient (Wildman–Crippen LogP) is 6.40. The van der Waals surface area contributed by atoms with Gasteiger partial charge >= 0.3 is 6.18 Å². The first-order chi connectivity index (χ1) is 13.9. The van der Waals surface area contributed by atoms with Crippen LogP contribution in [0.15, 0.2) is 28.8 Å². The Hall–Kier alpha value is -1.60. The van der Waals surface area contributed by atoms with Gasteiger partial charge in [-0.15, -0.1) is 12.4 Å². The molecule has 0 amide bonds. The third kappa shape index (κ3) is 6.45.